The minimum atomic E-state index is 0.287. The number of ether oxygens (including phenoxy) is 1. The number of piperidine rings is 1. The van der Waals surface area contributed by atoms with Gasteiger partial charge in [0.15, 0.2) is 0 Å². The van der Waals surface area contributed by atoms with Gasteiger partial charge in [0.2, 0.25) is 0 Å². The fourth-order valence-electron chi connectivity index (χ4n) is 2.44. The van der Waals surface area contributed by atoms with E-state index in [4.69, 9.17) is 4.74 Å². The van der Waals surface area contributed by atoms with Crippen molar-refractivity contribution in [1.82, 2.24) is 4.90 Å². The van der Waals surface area contributed by atoms with E-state index in [-0.39, 0.29) is 5.92 Å². The molecule has 2 rings (SSSR count). The molecule has 1 fully saturated rings. The van der Waals surface area contributed by atoms with Gasteiger partial charge in [-0.1, -0.05) is 30.3 Å². The van der Waals surface area contributed by atoms with Gasteiger partial charge in [0.05, 0.1) is 13.2 Å². The molecule has 3 heteroatoms. The maximum absolute atomic E-state index is 10.7. The SMILES string of the molecule is O=CC1CCN(CCOCCc2ccccc2)CC1. The van der Waals surface area contributed by atoms with Crippen LogP contribution in [0.3, 0.4) is 0 Å². The Morgan fingerprint density at radius 1 is 1.16 bits per heavy atom. The Hall–Kier alpha value is -1.19. The Bertz CT molecular complexity index is 358. The summed E-state index contributed by atoms with van der Waals surface area (Å²) in [5, 5.41) is 0. The zero-order valence-electron chi connectivity index (χ0n) is 11.5. The fourth-order valence-corrected chi connectivity index (χ4v) is 2.44. The molecule has 3 nitrogen and oxygen atoms in total. The molecular formula is C16H23NO2. The molecule has 1 heterocycles. The third kappa shape index (κ3) is 5.13. The molecule has 1 aliphatic heterocycles. The van der Waals surface area contributed by atoms with Crippen LogP contribution in [0.5, 0.6) is 0 Å². The molecule has 0 N–H and O–H groups in total. The van der Waals surface area contributed by atoms with Crippen LogP contribution < -0.4 is 0 Å². The zero-order chi connectivity index (χ0) is 13.3. The summed E-state index contributed by atoms with van der Waals surface area (Å²) >= 11 is 0. The Morgan fingerprint density at radius 3 is 2.58 bits per heavy atom. The highest BCUT2D eigenvalue weighted by Gasteiger charge is 2.17. The molecule has 0 unspecified atom stereocenters. The van der Waals surface area contributed by atoms with Crippen LogP contribution in [0.25, 0.3) is 0 Å². The smallest absolute Gasteiger partial charge is 0.123 e. The molecule has 0 saturated carbocycles. The lowest BCUT2D eigenvalue weighted by molar-refractivity contribution is -0.112. The number of hydrogen-bond acceptors (Lipinski definition) is 3. The van der Waals surface area contributed by atoms with E-state index in [0.717, 1.165) is 58.4 Å². The molecule has 1 aliphatic rings. The molecule has 0 amide bonds. The molecule has 0 radical (unpaired) electrons. The highest BCUT2D eigenvalue weighted by molar-refractivity contribution is 5.53. The summed E-state index contributed by atoms with van der Waals surface area (Å²) in [6, 6.07) is 10.4. The molecular weight excluding hydrogens is 238 g/mol. The topological polar surface area (TPSA) is 29.5 Å². The van der Waals surface area contributed by atoms with E-state index in [0.29, 0.717) is 0 Å². The molecule has 1 aromatic rings. The van der Waals surface area contributed by atoms with Crippen LogP contribution in [0.15, 0.2) is 30.3 Å². The summed E-state index contributed by atoms with van der Waals surface area (Å²) in [7, 11) is 0. The van der Waals surface area contributed by atoms with Gasteiger partial charge in [0.1, 0.15) is 6.29 Å². The highest BCUT2D eigenvalue weighted by atomic mass is 16.5. The number of carbonyl (C=O) groups is 1. The predicted molar refractivity (Wildman–Crippen MR) is 76.2 cm³/mol. The number of nitrogens with zero attached hydrogens (tertiary/aromatic N) is 1. The predicted octanol–water partition coefficient (Wildman–Crippen LogP) is 2.16. The molecule has 0 bridgehead atoms. The van der Waals surface area contributed by atoms with E-state index in [9.17, 15) is 4.79 Å². The number of likely N-dealkylation sites (tertiary alicyclic amines) is 1. The third-order valence-electron chi connectivity index (χ3n) is 3.75. The Labute approximate surface area is 115 Å². The van der Waals surface area contributed by atoms with Gasteiger partial charge in [-0.2, -0.15) is 0 Å². The van der Waals surface area contributed by atoms with Crippen LogP contribution in [0.2, 0.25) is 0 Å². The van der Waals surface area contributed by atoms with E-state index in [1.807, 2.05) is 6.07 Å². The summed E-state index contributed by atoms with van der Waals surface area (Å²) in [6.45, 7) is 4.63. The van der Waals surface area contributed by atoms with Crippen molar-refractivity contribution in [2.45, 2.75) is 19.3 Å². The lowest BCUT2D eigenvalue weighted by Gasteiger charge is -2.29. The van der Waals surface area contributed by atoms with Crippen molar-refractivity contribution < 1.29 is 9.53 Å². The first-order valence-electron chi connectivity index (χ1n) is 7.18. The first kappa shape index (κ1) is 14.2. The van der Waals surface area contributed by atoms with Gasteiger partial charge in [-0.15, -0.1) is 0 Å². The number of carbonyl (C=O) groups excluding carboxylic acids is 1. The molecule has 104 valence electrons. The van der Waals surface area contributed by atoms with Gasteiger partial charge < -0.3 is 14.4 Å². The average Bonchev–Trinajstić information content (AvgIpc) is 2.49. The fraction of sp³-hybridized carbons (Fsp3) is 0.562. The summed E-state index contributed by atoms with van der Waals surface area (Å²) in [6.07, 6.45) is 4.10. The van der Waals surface area contributed by atoms with Crippen LogP contribution in [0.1, 0.15) is 18.4 Å². The van der Waals surface area contributed by atoms with E-state index >= 15 is 0 Å². The number of hydrogen-bond donors (Lipinski definition) is 0. The molecule has 0 aliphatic carbocycles. The molecule has 0 spiro atoms. The normalized spacial score (nSPS) is 17.5. The maximum atomic E-state index is 10.7. The van der Waals surface area contributed by atoms with Crippen LogP contribution in [-0.4, -0.2) is 44.0 Å². The second-order valence-corrected chi connectivity index (χ2v) is 5.16. The zero-order valence-corrected chi connectivity index (χ0v) is 11.5. The summed E-state index contributed by atoms with van der Waals surface area (Å²) in [5.74, 6) is 0.287. The highest BCUT2D eigenvalue weighted by Crippen LogP contribution is 2.14. The standard InChI is InChI=1S/C16H23NO2/c18-14-16-6-9-17(10-7-16)11-13-19-12-8-15-4-2-1-3-5-15/h1-5,14,16H,6-13H2. The molecule has 0 aromatic heterocycles. The first-order chi connectivity index (χ1) is 9.38. The maximum Gasteiger partial charge on any atom is 0.123 e. The van der Waals surface area contributed by atoms with Crippen molar-refractivity contribution >= 4 is 6.29 Å². The summed E-state index contributed by atoms with van der Waals surface area (Å²) < 4.78 is 5.68. The van der Waals surface area contributed by atoms with Gasteiger partial charge >= 0.3 is 0 Å². The second-order valence-electron chi connectivity index (χ2n) is 5.16. The minimum Gasteiger partial charge on any atom is -0.380 e. The molecule has 1 aromatic carbocycles. The van der Waals surface area contributed by atoms with Crippen LogP contribution in [-0.2, 0) is 16.0 Å². The number of rotatable bonds is 7. The van der Waals surface area contributed by atoms with Crippen molar-refractivity contribution in [3.63, 3.8) is 0 Å². The van der Waals surface area contributed by atoms with Crippen LogP contribution in [0, 0.1) is 5.92 Å². The first-order valence-corrected chi connectivity index (χ1v) is 7.18. The lowest BCUT2D eigenvalue weighted by Crippen LogP contribution is -2.36. The molecule has 19 heavy (non-hydrogen) atoms. The van der Waals surface area contributed by atoms with Crippen molar-refractivity contribution in [3.05, 3.63) is 35.9 Å². The lowest BCUT2D eigenvalue weighted by atomic mass is 9.99. The minimum absolute atomic E-state index is 0.287. The Balaban J connectivity index is 1.52. The van der Waals surface area contributed by atoms with Crippen molar-refractivity contribution in [1.29, 1.82) is 0 Å². The van der Waals surface area contributed by atoms with E-state index in [2.05, 4.69) is 29.2 Å². The van der Waals surface area contributed by atoms with Gasteiger partial charge in [-0.05, 0) is 37.9 Å². The van der Waals surface area contributed by atoms with E-state index < -0.39 is 0 Å². The largest absolute Gasteiger partial charge is 0.380 e. The van der Waals surface area contributed by atoms with E-state index in [1.165, 1.54) is 5.56 Å². The van der Waals surface area contributed by atoms with Crippen LogP contribution in [0.4, 0.5) is 0 Å². The number of benzene rings is 1. The van der Waals surface area contributed by atoms with Crippen molar-refractivity contribution in [3.8, 4) is 0 Å². The molecule has 0 atom stereocenters. The molecule has 1 saturated heterocycles. The summed E-state index contributed by atoms with van der Waals surface area (Å²) in [4.78, 5) is 13.0. The Morgan fingerprint density at radius 2 is 1.89 bits per heavy atom. The monoisotopic (exact) mass is 261 g/mol. The third-order valence-corrected chi connectivity index (χ3v) is 3.75. The van der Waals surface area contributed by atoms with Crippen LogP contribution >= 0.6 is 0 Å². The second kappa shape index (κ2) is 8.08. The van der Waals surface area contributed by atoms with Gasteiger partial charge in [0, 0.05) is 12.5 Å². The number of aldehydes is 1. The Kier molecular flexibility index (Phi) is 6.05. The van der Waals surface area contributed by atoms with Crippen molar-refractivity contribution in [2.24, 2.45) is 5.92 Å². The van der Waals surface area contributed by atoms with E-state index in [1.54, 1.807) is 0 Å². The quantitative estimate of drug-likeness (QED) is 0.556. The summed E-state index contributed by atoms with van der Waals surface area (Å²) in [5.41, 5.74) is 1.33. The van der Waals surface area contributed by atoms with Gasteiger partial charge in [-0.3, -0.25) is 0 Å². The van der Waals surface area contributed by atoms with Crippen molar-refractivity contribution in [2.75, 3.05) is 32.8 Å². The van der Waals surface area contributed by atoms with Gasteiger partial charge in [0.25, 0.3) is 0 Å². The average molecular weight is 261 g/mol. The van der Waals surface area contributed by atoms with Gasteiger partial charge in [-0.25, -0.2) is 0 Å².